The summed E-state index contributed by atoms with van der Waals surface area (Å²) in [6.07, 6.45) is -0.195. The lowest BCUT2D eigenvalue weighted by Crippen LogP contribution is -2.00. The fraction of sp³-hybridized carbons (Fsp3) is 1.00. The third-order valence-corrected chi connectivity index (χ3v) is 1.52. The van der Waals surface area contributed by atoms with Crippen molar-refractivity contribution in [2.24, 2.45) is 0 Å². The maximum absolute atomic E-state index is 12.1. The van der Waals surface area contributed by atoms with E-state index in [1.165, 1.54) is 0 Å². The number of halogens is 3. The Morgan fingerprint density at radius 1 is 1.50 bits per heavy atom. The SMILES string of the molecule is FCCCC(F)CBr. The van der Waals surface area contributed by atoms with Crippen molar-refractivity contribution >= 4 is 15.9 Å². The molecule has 0 aliphatic rings. The summed E-state index contributed by atoms with van der Waals surface area (Å²) in [6.45, 7) is -0.409. The molecule has 0 bridgehead atoms. The maximum atomic E-state index is 12.1. The van der Waals surface area contributed by atoms with Gasteiger partial charge in [-0.1, -0.05) is 15.9 Å². The van der Waals surface area contributed by atoms with E-state index in [9.17, 15) is 8.78 Å². The molecular weight excluding hydrogens is 178 g/mol. The van der Waals surface area contributed by atoms with Crippen molar-refractivity contribution in [3.63, 3.8) is 0 Å². The summed E-state index contributed by atoms with van der Waals surface area (Å²) >= 11 is 2.95. The Kier molecular flexibility index (Phi) is 5.71. The van der Waals surface area contributed by atoms with Crippen LogP contribution in [0, 0.1) is 0 Å². The van der Waals surface area contributed by atoms with Gasteiger partial charge in [-0.25, -0.2) is 4.39 Å². The molecule has 0 aromatic rings. The van der Waals surface area contributed by atoms with Gasteiger partial charge in [0.05, 0.1) is 6.67 Å². The van der Waals surface area contributed by atoms with Gasteiger partial charge in [0.1, 0.15) is 6.17 Å². The Hall–Kier alpha value is 0.340. The Balaban J connectivity index is 2.86. The van der Waals surface area contributed by atoms with Gasteiger partial charge in [-0.05, 0) is 12.8 Å². The van der Waals surface area contributed by atoms with Crippen molar-refractivity contribution in [1.29, 1.82) is 0 Å². The van der Waals surface area contributed by atoms with E-state index in [0.29, 0.717) is 18.2 Å². The van der Waals surface area contributed by atoms with E-state index in [4.69, 9.17) is 0 Å². The first-order valence-corrected chi connectivity index (χ1v) is 3.69. The number of hydrogen-bond acceptors (Lipinski definition) is 0. The van der Waals surface area contributed by atoms with Crippen LogP contribution in [0.2, 0.25) is 0 Å². The second kappa shape index (κ2) is 5.48. The molecule has 0 radical (unpaired) electrons. The van der Waals surface area contributed by atoms with Crippen molar-refractivity contribution in [1.82, 2.24) is 0 Å². The van der Waals surface area contributed by atoms with Crippen LogP contribution < -0.4 is 0 Å². The Labute approximate surface area is 56.4 Å². The monoisotopic (exact) mass is 186 g/mol. The molecule has 0 N–H and O–H groups in total. The predicted octanol–water partition coefficient (Wildman–Crippen LogP) is 2.47. The highest BCUT2D eigenvalue weighted by atomic mass is 79.9. The molecule has 0 amide bonds. The van der Waals surface area contributed by atoms with E-state index >= 15 is 0 Å². The zero-order valence-electron chi connectivity index (χ0n) is 4.54. The first-order valence-electron chi connectivity index (χ1n) is 2.57. The molecule has 1 unspecified atom stereocenters. The molecule has 0 nitrogen and oxygen atoms in total. The van der Waals surface area contributed by atoms with Gasteiger partial charge in [-0.3, -0.25) is 4.39 Å². The van der Waals surface area contributed by atoms with E-state index in [-0.39, 0.29) is 0 Å². The minimum Gasteiger partial charge on any atom is -0.251 e. The zero-order chi connectivity index (χ0) is 6.41. The Bertz CT molecular complexity index is 49.7. The van der Waals surface area contributed by atoms with Crippen LogP contribution in [0.1, 0.15) is 12.8 Å². The number of hydrogen-bond donors (Lipinski definition) is 0. The minimum absolute atomic E-state index is 0.326. The molecule has 0 saturated carbocycles. The quantitative estimate of drug-likeness (QED) is 0.593. The normalized spacial score (nSPS) is 13.9. The van der Waals surface area contributed by atoms with Gasteiger partial charge in [0.15, 0.2) is 0 Å². The molecule has 0 spiro atoms. The fourth-order valence-corrected chi connectivity index (χ4v) is 0.700. The molecule has 0 heterocycles. The molecule has 8 heavy (non-hydrogen) atoms. The average Bonchev–Trinajstić information content (AvgIpc) is 1.83. The van der Waals surface area contributed by atoms with Gasteiger partial charge in [0.2, 0.25) is 0 Å². The first kappa shape index (κ1) is 8.34. The topological polar surface area (TPSA) is 0 Å². The number of alkyl halides is 3. The van der Waals surface area contributed by atoms with E-state index in [1.807, 2.05) is 0 Å². The largest absolute Gasteiger partial charge is 0.251 e. The summed E-state index contributed by atoms with van der Waals surface area (Å²) in [5.41, 5.74) is 0. The second-order valence-electron chi connectivity index (χ2n) is 1.58. The van der Waals surface area contributed by atoms with E-state index in [0.717, 1.165) is 0 Å². The predicted molar refractivity (Wildman–Crippen MR) is 33.9 cm³/mol. The standard InChI is InChI=1S/C5H9BrF2/c6-4-5(8)2-1-3-7/h5H,1-4H2. The average molecular weight is 187 g/mol. The molecule has 0 aromatic carbocycles. The highest BCUT2D eigenvalue weighted by Crippen LogP contribution is 2.04. The van der Waals surface area contributed by atoms with Crippen molar-refractivity contribution in [2.75, 3.05) is 12.0 Å². The summed E-state index contributed by atoms with van der Waals surface area (Å²) in [7, 11) is 0. The van der Waals surface area contributed by atoms with Gasteiger partial charge in [-0.2, -0.15) is 0 Å². The van der Waals surface area contributed by atoms with Gasteiger partial charge in [0, 0.05) is 5.33 Å². The second-order valence-corrected chi connectivity index (χ2v) is 2.23. The molecule has 0 aliphatic carbocycles. The lowest BCUT2D eigenvalue weighted by molar-refractivity contribution is 0.323. The van der Waals surface area contributed by atoms with E-state index in [1.54, 1.807) is 0 Å². The van der Waals surface area contributed by atoms with Crippen molar-refractivity contribution < 1.29 is 8.78 Å². The third kappa shape index (κ3) is 4.50. The molecular formula is C5H9BrF2. The lowest BCUT2D eigenvalue weighted by atomic mass is 10.2. The van der Waals surface area contributed by atoms with Gasteiger partial charge < -0.3 is 0 Å². The Morgan fingerprint density at radius 3 is 2.50 bits per heavy atom. The van der Waals surface area contributed by atoms with Crippen LogP contribution in [-0.2, 0) is 0 Å². The summed E-state index contributed by atoms with van der Waals surface area (Å²) < 4.78 is 23.4. The molecule has 0 saturated heterocycles. The minimum atomic E-state index is -0.870. The summed E-state index contributed by atoms with van der Waals surface area (Å²) in [5, 5.41) is 0.326. The van der Waals surface area contributed by atoms with Crippen molar-refractivity contribution in [2.45, 2.75) is 19.0 Å². The smallest absolute Gasteiger partial charge is 0.110 e. The van der Waals surface area contributed by atoms with Crippen LogP contribution in [0.3, 0.4) is 0 Å². The maximum Gasteiger partial charge on any atom is 0.110 e. The molecule has 1 atom stereocenters. The highest BCUT2D eigenvalue weighted by molar-refractivity contribution is 9.09. The van der Waals surface area contributed by atoms with Crippen LogP contribution in [0.4, 0.5) is 8.78 Å². The van der Waals surface area contributed by atoms with Crippen LogP contribution in [0.15, 0.2) is 0 Å². The van der Waals surface area contributed by atoms with Crippen LogP contribution in [-0.4, -0.2) is 18.2 Å². The summed E-state index contributed by atoms with van der Waals surface area (Å²) in [4.78, 5) is 0. The zero-order valence-corrected chi connectivity index (χ0v) is 6.13. The van der Waals surface area contributed by atoms with Crippen LogP contribution >= 0.6 is 15.9 Å². The molecule has 0 aromatic heterocycles. The molecule has 0 fully saturated rings. The molecule has 0 rings (SSSR count). The van der Waals surface area contributed by atoms with Gasteiger partial charge >= 0.3 is 0 Å². The first-order chi connectivity index (χ1) is 3.81. The van der Waals surface area contributed by atoms with Crippen LogP contribution in [0.5, 0.6) is 0 Å². The Morgan fingerprint density at radius 2 is 2.12 bits per heavy atom. The van der Waals surface area contributed by atoms with Crippen molar-refractivity contribution in [3.8, 4) is 0 Å². The summed E-state index contributed by atoms with van der Waals surface area (Å²) in [6, 6.07) is 0. The van der Waals surface area contributed by atoms with Crippen LogP contribution in [0.25, 0.3) is 0 Å². The van der Waals surface area contributed by atoms with Gasteiger partial charge in [0.25, 0.3) is 0 Å². The van der Waals surface area contributed by atoms with Gasteiger partial charge in [-0.15, -0.1) is 0 Å². The third-order valence-electron chi connectivity index (χ3n) is 0.818. The van der Waals surface area contributed by atoms with Crippen molar-refractivity contribution in [3.05, 3.63) is 0 Å². The van der Waals surface area contributed by atoms with E-state index < -0.39 is 12.8 Å². The van der Waals surface area contributed by atoms with E-state index in [2.05, 4.69) is 15.9 Å². The lowest BCUT2D eigenvalue weighted by Gasteiger charge is -1.98. The number of rotatable bonds is 4. The molecule has 3 heteroatoms. The summed E-state index contributed by atoms with van der Waals surface area (Å²) in [5.74, 6) is 0. The fourth-order valence-electron chi connectivity index (χ4n) is 0.376. The highest BCUT2D eigenvalue weighted by Gasteiger charge is 2.01. The molecule has 0 aliphatic heterocycles. The molecule has 50 valence electrons.